The van der Waals surface area contributed by atoms with Crippen LogP contribution in [0.2, 0.25) is 0 Å². The average molecular weight is 427 g/mol. The van der Waals surface area contributed by atoms with Crippen LogP contribution >= 0.6 is 0 Å². The molecule has 0 radical (unpaired) electrons. The number of nitrogens with zero attached hydrogens (tertiary/aromatic N) is 5. The number of carbonyl (C=O) groups is 1. The molecule has 1 saturated heterocycles. The molecule has 31 heavy (non-hydrogen) atoms. The van der Waals surface area contributed by atoms with Gasteiger partial charge in [0, 0.05) is 12.1 Å². The molecule has 3 aromatic rings. The van der Waals surface area contributed by atoms with E-state index in [1.807, 2.05) is 13.0 Å². The summed E-state index contributed by atoms with van der Waals surface area (Å²) in [4.78, 5) is 20.8. The van der Waals surface area contributed by atoms with E-state index in [0.29, 0.717) is 11.4 Å². The number of amides is 1. The zero-order chi connectivity index (χ0) is 21.9. The summed E-state index contributed by atoms with van der Waals surface area (Å²) in [6.07, 6.45) is -2.31. The Morgan fingerprint density at radius 1 is 1.13 bits per heavy atom. The molecule has 160 valence electrons. The fourth-order valence-electron chi connectivity index (χ4n) is 4.23. The molecule has 1 fully saturated rings. The Labute approximate surface area is 176 Å². The van der Waals surface area contributed by atoms with Gasteiger partial charge in [0.25, 0.3) is 5.91 Å². The van der Waals surface area contributed by atoms with Gasteiger partial charge in [0.05, 0.1) is 31.3 Å². The van der Waals surface area contributed by atoms with Crippen LogP contribution in [0.25, 0.3) is 5.65 Å². The third-order valence-electron chi connectivity index (χ3n) is 5.94. The Balaban J connectivity index is 1.56. The molecule has 0 bridgehead atoms. The molecule has 4 heterocycles. The molecule has 8 nitrogen and oxygen atoms in total. The van der Waals surface area contributed by atoms with Crippen LogP contribution < -0.4 is 10.5 Å². The molecule has 11 heteroatoms. The number of carbonyl (C=O) groups excluding carboxylic acids is 1. The Kier molecular flexibility index (Phi) is 4.67. The molecule has 0 aliphatic carbocycles. The van der Waals surface area contributed by atoms with Gasteiger partial charge in [-0.1, -0.05) is 24.3 Å². The first-order valence-electron chi connectivity index (χ1n) is 10.0. The van der Waals surface area contributed by atoms with Gasteiger partial charge in [0.1, 0.15) is 23.9 Å². The van der Waals surface area contributed by atoms with E-state index in [0.717, 1.165) is 5.56 Å². The lowest BCUT2D eigenvalue weighted by Crippen LogP contribution is -2.49. The molecule has 2 N–H and O–H groups in total. The minimum absolute atomic E-state index is 0.0419. The van der Waals surface area contributed by atoms with Crippen LogP contribution in [-0.4, -0.2) is 68.4 Å². The first-order chi connectivity index (χ1) is 14.8. The smallest absolute Gasteiger partial charge is 0.422 e. The normalized spacial score (nSPS) is 21.2. The Morgan fingerprint density at radius 2 is 1.84 bits per heavy atom. The molecule has 1 aromatic carbocycles. The van der Waals surface area contributed by atoms with Gasteiger partial charge in [-0.2, -0.15) is 9.61 Å². The molecule has 2 atom stereocenters. The fourth-order valence-corrected chi connectivity index (χ4v) is 4.23. The SMILES string of the molecule is C[C@@H]1c2ccccc2[C@H](F)CN1C(=O)c1cc(N2CC(F)C2)n2nc(B(O)O)cc2n1. The minimum atomic E-state index is -1.81. The summed E-state index contributed by atoms with van der Waals surface area (Å²) in [6.45, 7) is 1.99. The number of aromatic nitrogens is 3. The zero-order valence-corrected chi connectivity index (χ0v) is 16.7. The van der Waals surface area contributed by atoms with Crippen LogP contribution in [0.15, 0.2) is 36.4 Å². The lowest BCUT2D eigenvalue weighted by molar-refractivity contribution is 0.0585. The van der Waals surface area contributed by atoms with Gasteiger partial charge in [-0.15, -0.1) is 0 Å². The number of hydrogen-bond donors (Lipinski definition) is 2. The van der Waals surface area contributed by atoms with E-state index in [2.05, 4.69) is 10.1 Å². The number of fused-ring (bicyclic) bond motifs is 2. The highest BCUT2D eigenvalue weighted by Gasteiger charge is 2.36. The maximum Gasteiger partial charge on any atom is 0.510 e. The van der Waals surface area contributed by atoms with E-state index in [9.17, 15) is 23.6 Å². The Bertz CT molecular complexity index is 1170. The Hall–Kier alpha value is -3.05. The van der Waals surface area contributed by atoms with E-state index in [1.165, 1.54) is 21.5 Å². The van der Waals surface area contributed by atoms with Crippen molar-refractivity contribution in [3.05, 3.63) is 53.2 Å². The third kappa shape index (κ3) is 3.24. The minimum Gasteiger partial charge on any atom is -0.422 e. The highest BCUT2D eigenvalue weighted by molar-refractivity contribution is 6.57. The summed E-state index contributed by atoms with van der Waals surface area (Å²) in [5.41, 5.74) is 1.55. The van der Waals surface area contributed by atoms with Crippen molar-refractivity contribution in [1.82, 2.24) is 19.5 Å². The summed E-state index contributed by atoms with van der Waals surface area (Å²) in [7, 11) is -1.81. The van der Waals surface area contributed by atoms with Crippen molar-refractivity contribution in [3.8, 4) is 0 Å². The lowest BCUT2D eigenvalue weighted by atomic mass is 9.87. The van der Waals surface area contributed by atoms with E-state index in [-0.39, 0.29) is 42.6 Å². The van der Waals surface area contributed by atoms with Crippen LogP contribution in [0.4, 0.5) is 14.6 Å². The molecule has 0 spiro atoms. The van der Waals surface area contributed by atoms with Gasteiger partial charge in [-0.3, -0.25) is 4.79 Å². The van der Waals surface area contributed by atoms with Crippen LogP contribution in [0.5, 0.6) is 0 Å². The molecule has 1 amide bonds. The molecule has 2 aliphatic rings. The molecule has 2 aromatic heterocycles. The van der Waals surface area contributed by atoms with Crippen molar-refractivity contribution < 1.29 is 23.6 Å². The van der Waals surface area contributed by atoms with Crippen molar-refractivity contribution in [1.29, 1.82) is 0 Å². The van der Waals surface area contributed by atoms with Crippen molar-refractivity contribution in [2.75, 3.05) is 24.5 Å². The van der Waals surface area contributed by atoms with Gasteiger partial charge in [0.2, 0.25) is 0 Å². The molecular formula is C20H20BF2N5O3. The maximum atomic E-state index is 14.8. The number of rotatable bonds is 3. The van der Waals surface area contributed by atoms with E-state index in [4.69, 9.17) is 0 Å². The quantitative estimate of drug-likeness (QED) is 0.601. The van der Waals surface area contributed by atoms with Crippen molar-refractivity contribution in [2.45, 2.75) is 25.3 Å². The third-order valence-corrected chi connectivity index (χ3v) is 5.94. The number of hydrogen-bond acceptors (Lipinski definition) is 6. The number of benzene rings is 1. The van der Waals surface area contributed by atoms with E-state index < -0.39 is 25.4 Å². The standard InChI is InChI=1S/C20H20BF2N5O3/c1-11-13-4-2-3-5-14(13)15(23)10-27(11)20(29)16-6-19(26-8-12(22)9-26)28-18(24-16)7-17(25-28)21(30)31/h2-7,11-12,15,30-31H,8-10H2,1H3/t11-,15-/m1/s1. The van der Waals surface area contributed by atoms with Crippen LogP contribution in [0, 0.1) is 0 Å². The molecule has 2 aliphatic heterocycles. The monoisotopic (exact) mass is 427 g/mol. The molecule has 5 rings (SSSR count). The predicted molar refractivity (Wildman–Crippen MR) is 110 cm³/mol. The molecule has 0 saturated carbocycles. The van der Waals surface area contributed by atoms with Gasteiger partial charge in [0.15, 0.2) is 5.65 Å². The highest BCUT2D eigenvalue weighted by atomic mass is 19.1. The Morgan fingerprint density at radius 3 is 2.52 bits per heavy atom. The van der Waals surface area contributed by atoms with Crippen molar-refractivity contribution in [2.24, 2.45) is 0 Å². The van der Waals surface area contributed by atoms with E-state index in [1.54, 1.807) is 23.1 Å². The van der Waals surface area contributed by atoms with Crippen molar-refractivity contribution in [3.63, 3.8) is 0 Å². The predicted octanol–water partition coefficient (Wildman–Crippen LogP) is 0.795. The van der Waals surface area contributed by atoms with Crippen molar-refractivity contribution >= 4 is 30.1 Å². The van der Waals surface area contributed by atoms with Crippen LogP contribution in [0.1, 0.15) is 40.8 Å². The van der Waals surface area contributed by atoms with Gasteiger partial charge < -0.3 is 19.8 Å². The summed E-state index contributed by atoms with van der Waals surface area (Å²) >= 11 is 0. The average Bonchev–Trinajstić information content (AvgIpc) is 3.18. The maximum absolute atomic E-state index is 14.8. The molecule has 0 unspecified atom stereocenters. The summed E-state index contributed by atoms with van der Waals surface area (Å²) in [5.74, 6) is -0.0472. The fraction of sp³-hybridized carbons (Fsp3) is 0.350. The number of anilines is 1. The zero-order valence-electron chi connectivity index (χ0n) is 16.7. The second kappa shape index (κ2) is 7.28. The van der Waals surface area contributed by atoms with Gasteiger partial charge >= 0.3 is 7.12 Å². The van der Waals surface area contributed by atoms with Gasteiger partial charge in [-0.25, -0.2) is 13.8 Å². The van der Waals surface area contributed by atoms with Gasteiger partial charge in [-0.05, 0) is 18.1 Å². The van der Waals surface area contributed by atoms with E-state index >= 15 is 0 Å². The van der Waals surface area contributed by atoms with Crippen LogP contribution in [-0.2, 0) is 0 Å². The first kappa shape index (κ1) is 19.9. The largest absolute Gasteiger partial charge is 0.510 e. The molecular weight excluding hydrogens is 407 g/mol. The summed E-state index contributed by atoms with van der Waals surface area (Å²) in [5, 5.41) is 23.1. The van der Waals surface area contributed by atoms with Crippen LogP contribution in [0.3, 0.4) is 0 Å². The second-order valence-corrected chi connectivity index (χ2v) is 7.94. The summed E-state index contributed by atoms with van der Waals surface area (Å²) < 4.78 is 29.6. The highest BCUT2D eigenvalue weighted by Crippen LogP contribution is 2.37. The topological polar surface area (TPSA) is 94.2 Å². The lowest BCUT2D eigenvalue weighted by Gasteiger charge is -2.38. The first-order valence-corrected chi connectivity index (χ1v) is 10.0. The number of alkyl halides is 2. The summed E-state index contributed by atoms with van der Waals surface area (Å²) in [6, 6.07) is 9.61. The number of halogens is 2. The second-order valence-electron chi connectivity index (χ2n) is 7.94.